The van der Waals surface area contributed by atoms with Crippen molar-refractivity contribution in [1.29, 1.82) is 0 Å². The van der Waals surface area contributed by atoms with Gasteiger partial charge in [-0.3, -0.25) is 0 Å². The number of nitrogens with one attached hydrogen (secondary N) is 1. The second-order valence-electron chi connectivity index (χ2n) is 3.45. The fraction of sp³-hybridized carbons (Fsp3) is 0.167. The molecule has 1 heterocycles. The van der Waals surface area contributed by atoms with Crippen LogP contribution in [0, 0.1) is 5.82 Å². The lowest BCUT2D eigenvalue weighted by Gasteiger charge is -2.07. The summed E-state index contributed by atoms with van der Waals surface area (Å²) < 4.78 is 18.8. The lowest BCUT2D eigenvalue weighted by molar-refractivity contribution is 0.286. The van der Waals surface area contributed by atoms with E-state index in [1.807, 2.05) is 12.1 Å². The molecule has 3 nitrogen and oxygen atoms in total. The Hall–Kier alpha value is -1.81. The standard InChI is InChI=1S/C12H13FN2O/c13-11-6-9(7-14)3-4-12(11)16-8-10-2-1-5-15-10/h1-6,15H,7-8,14H2. The summed E-state index contributed by atoms with van der Waals surface area (Å²) in [5.41, 5.74) is 7.07. The minimum Gasteiger partial charge on any atom is -0.484 e. The van der Waals surface area contributed by atoms with Crippen LogP contribution in [0.3, 0.4) is 0 Å². The molecule has 0 aliphatic rings. The van der Waals surface area contributed by atoms with Gasteiger partial charge in [0.1, 0.15) is 6.61 Å². The maximum atomic E-state index is 13.5. The highest BCUT2D eigenvalue weighted by Crippen LogP contribution is 2.19. The first-order valence-electron chi connectivity index (χ1n) is 5.03. The highest BCUT2D eigenvalue weighted by atomic mass is 19.1. The Bertz CT molecular complexity index is 454. The van der Waals surface area contributed by atoms with Crippen molar-refractivity contribution in [3.05, 3.63) is 53.6 Å². The highest BCUT2D eigenvalue weighted by Gasteiger charge is 2.04. The zero-order valence-electron chi connectivity index (χ0n) is 8.74. The molecular weight excluding hydrogens is 207 g/mol. The van der Waals surface area contributed by atoms with E-state index < -0.39 is 0 Å². The summed E-state index contributed by atoms with van der Waals surface area (Å²) in [5, 5.41) is 0. The second-order valence-corrected chi connectivity index (χ2v) is 3.45. The Morgan fingerprint density at radius 3 is 2.81 bits per heavy atom. The monoisotopic (exact) mass is 220 g/mol. The molecule has 0 amide bonds. The molecule has 0 unspecified atom stereocenters. The Labute approximate surface area is 93.0 Å². The van der Waals surface area contributed by atoms with Crippen LogP contribution in [0.15, 0.2) is 36.5 Å². The molecule has 0 saturated carbocycles. The van der Waals surface area contributed by atoms with Crippen molar-refractivity contribution in [2.45, 2.75) is 13.2 Å². The number of aromatic nitrogens is 1. The third kappa shape index (κ3) is 2.41. The first-order chi connectivity index (χ1) is 7.79. The number of hydrogen-bond acceptors (Lipinski definition) is 2. The zero-order valence-corrected chi connectivity index (χ0v) is 8.74. The summed E-state index contributed by atoms with van der Waals surface area (Å²) in [4.78, 5) is 2.98. The van der Waals surface area contributed by atoms with Crippen LogP contribution in [-0.4, -0.2) is 4.98 Å². The maximum absolute atomic E-state index is 13.5. The Balaban J connectivity index is 2.04. The van der Waals surface area contributed by atoms with Crippen molar-refractivity contribution >= 4 is 0 Å². The van der Waals surface area contributed by atoms with Gasteiger partial charge in [-0.1, -0.05) is 6.07 Å². The van der Waals surface area contributed by atoms with Crippen LogP contribution in [-0.2, 0) is 13.2 Å². The van der Waals surface area contributed by atoms with Gasteiger partial charge in [0.2, 0.25) is 0 Å². The molecule has 2 rings (SSSR count). The van der Waals surface area contributed by atoms with E-state index >= 15 is 0 Å². The molecule has 4 heteroatoms. The van der Waals surface area contributed by atoms with Gasteiger partial charge in [-0.2, -0.15) is 0 Å². The number of ether oxygens (including phenoxy) is 1. The first kappa shape index (κ1) is 10.7. The van der Waals surface area contributed by atoms with E-state index in [1.54, 1.807) is 18.3 Å². The fourth-order valence-corrected chi connectivity index (χ4v) is 1.40. The highest BCUT2D eigenvalue weighted by molar-refractivity contribution is 5.29. The molecule has 2 aromatic rings. The number of hydrogen-bond donors (Lipinski definition) is 2. The molecule has 1 aromatic heterocycles. The second kappa shape index (κ2) is 4.81. The van der Waals surface area contributed by atoms with Gasteiger partial charge in [-0.25, -0.2) is 4.39 Å². The number of nitrogens with two attached hydrogens (primary N) is 1. The molecular formula is C12H13FN2O. The van der Waals surface area contributed by atoms with Crippen LogP contribution < -0.4 is 10.5 Å². The Morgan fingerprint density at radius 1 is 1.31 bits per heavy atom. The van der Waals surface area contributed by atoms with Crippen LogP contribution in [0.5, 0.6) is 5.75 Å². The smallest absolute Gasteiger partial charge is 0.165 e. The zero-order chi connectivity index (χ0) is 11.4. The summed E-state index contributed by atoms with van der Waals surface area (Å²) in [6.45, 7) is 0.652. The van der Waals surface area contributed by atoms with Gasteiger partial charge in [0.25, 0.3) is 0 Å². The number of H-pyrrole nitrogens is 1. The van der Waals surface area contributed by atoms with Gasteiger partial charge in [-0.15, -0.1) is 0 Å². The lowest BCUT2D eigenvalue weighted by Crippen LogP contribution is -2.00. The quantitative estimate of drug-likeness (QED) is 0.829. The van der Waals surface area contributed by atoms with E-state index in [0.717, 1.165) is 11.3 Å². The molecule has 16 heavy (non-hydrogen) atoms. The van der Waals surface area contributed by atoms with Crippen molar-refractivity contribution in [1.82, 2.24) is 4.98 Å². The summed E-state index contributed by atoms with van der Waals surface area (Å²) >= 11 is 0. The molecule has 3 N–H and O–H groups in total. The van der Waals surface area contributed by atoms with Crippen LogP contribution >= 0.6 is 0 Å². The van der Waals surface area contributed by atoms with Crippen LogP contribution in [0.25, 0.3) is 0 Å². The van der Waals surface area contributed by atoms with Gasteiger partial charge in [0, 0.05) is 12.7 Å². The summed E-state index contributed by atoms with van der Waals surface area (Å²) in [6, 6.07) is 8.50. The van der Waals surface area contributed by atoms with Crippen molar-refractivity contribution in [3.63, 3.8) is 0 Å². The molecule has 0 atom stereocenters. The van der Waals surface area contributed by atoms with E-state index in [1.165, 1.54) is 6.07 Å². The van der Waals surface area contributed by atoms with Crippen LogP contribution in [0.2, 0.25) is 0 Å². The largest absolute Gasteiger partial charge is 0.484 e. The molecule has 0 bridgehead atoms. The third-order valence-corrected chi connectivity index (χ3v) is 2.28. The van der Waals surface area contributed by atoms with E-state index in [2.05, 4.69) is 4.98 Å². The average Bonchev–Trinajstić information content (AvgIpc) is 2.80. The summed E-state index contributed by atoms with van der Waals surface area (Å²) in [7, 11) is 0. The molecule has 0 aliphatic heterocycles. The summed E-state index contributed by atoms with van der Waals surface area (Å²) in [6.07, 6.45) is 1.80. The van der Waals surface area contributed by atoms with Crippen LogP contribution in [0.1, 0.15) is 11.3 Å². The lowest BCUT2D eigenvalue weighted by atomic mass is 10.2. The predicted octanol–water partition coefficient (Wildman–Crippen LogP) is 2.19. The molecule has 0 saturated heterocycles. The maximum Gasteiger partial charge on any atom is 0.165 e. The molecule has 1 aromatic carbocycles. The van der Waals surface area contributed by atoms with Gasteiger partial charge in [-0.05, 0) is 29.8 Å². The third-order valence-electron chi connectivity index (χ3n) is 2.28. The van der Waals surface area contributed by atoms with Gasteiger partial charge >= 0.3 is 0 Å². The van der Waals surface area contributed by atoms with Crippen molar-refractivity contribution in [2.24, 2.45) is 5.73 Å². The predicted molar refractivity (Wildman–Crippen MR) is 59.4 cm³/mol. The van der Waals surface area contributed by atoms with Crippen molar-refractivity contribution < 1.29 is 9.13 Å². The topological polar surface area (TPSA) is 51.0 Å². The molecule has 84 valence electrons. The average molecular weight is 220 g/mol. The van der Waals surface area contributed by atoms with Gasteiger partial charge < -0.3 is 15.5 Å². The molecule has 0 aliphatic carbocycles. The SMILES string of the molecule is NCc1ccc(OCc2ccc[nH]2)c(F)c1. The Kier molecular flexibility index (Phi) is 3.22. The van der Waals surface area contributed by atoms with Crippen LogP contribution in [0.4, 0.5) is 4.39 Å². The van der Waals surface area contributed by atoms with Crippen molar-refractivity contribution in [3.8, 4) is 5.75 Å². The molecule has 0 spiro atoms. The number of benzene rings is 1. The molecule has 0 radical (unpaired) electrons. The number of aromatic amines is 1. The van der Waals surface area contributed by atoms with E-state index in [4.69, 9.17) is 10.5 Å². The van der Waals surface area contributed by atoms with E-state index in [0.29, 0.717) is 13.2 Å². The van der Waals surface area contributed by atoms with E-state index in [-0.39, 0.29) is 11.6 Å². The number of rotatable bonds is 4. The first-order valence-corrected chi connectivity index (χ1v) is 5.03. The van der Waals surface area contributed by atoms with Crippen molar-refractivity contribution in [2.75, 3.05) is 0 Å². The van der Waals surface area contributed by atoms with Gasteiger partial charge in [0.15, 0.2) is 11.6 Å². The van der Waals surface area contributed by atoms with Gasteiger partial charge in [0.05, 0.1) is 5.69 Å². The minimum absolute atomic E-state index is 0.242. The summed E-state index contributed by atoms with van der Waals surface area (Å²) in [5.74, 6) is -0.138. The minimum atomic E-state index is -0.380. The number of halogens is 1. The fourth-order valence-electron chi connectivity index (χ4n) is 1.40. The van der Waals surface area contributed by atoms with E-state index in [9.17, 15) is 4.39 Å². The molecule has 0 fully saturated rings. The Morgan fingerprint density at radius 2 is 2.19 bits per heavy atom. The normalized spacial score (nSPS) is 10.4.